The lowest BCUT2D eigenvalue weighted by Gasteiger charge is -2.23. The SMILES string of the molecule is CC1Oc2cc(S(=O)(=O)Nc3cnn(C(C)C)c3)ccc2NC1=O. The van der Waals surface area contributed by atoms with Crippen LogP contribution in [0, 0.1) is 0 Å². The van der Waals surface area contributed by atoms with Crippen LogP contribution in [0.25, 0.3) is 0 Å². The number of rotatable bonds is 4. The van der Waals surface area contributed by atoms with Crippen molar-refractivity contribution in [1.29, 1.82) is 0 Å². The molecule has 2 heterocycles. The van der Waals surface area contributed by atoms with Crippen LogP contribution in [0.2, 0.25) is 0 Å². The fourth-order valence-corrected chi connectivity index (χ4v) is 3.28. The van der Waals surface area contributed by atoms with Gasteiger partial charge in [0.15, 0.2) is 6.10 Å². The maximum Gasteiger partial charge on any atom is 0.265 e. The van der Waals surface area contributed by atoms with E-state index in [-0.39, 0.29) is 16.8 Å². The average Bonchev–Trinajstić information content (AvgIpc) is 2.96. The Morgan fingerprint density at radius 1 is 1.38 bits per heavy atom. The largest absolute Gasteiger partial charge is 0.479 e. The second kappa shape index (κ2) is 5.82. The van der Waals surface area contributed by atoms with Gasteiger partial charge in [-0.05, 0) is 32.9 Å². The Morgan fingerprint density at radius 2 is 2.12 bits per heavy atom. The monoisotopic (exact) mass is 350 g/mol. The van der Waals surface area contributed by atoms with Crippen molar-refractivity contribution in [3.8, 4) is 5.75 Å². The molecule has 0 fully saturated rings. The van der Waals surface area contributed by atoms with Crippen LogP contribution >= 0.6 is 0 Å². The van der Waals surface area contributed by atoms with Crippen LogP contribution in [-0.2, 0) is 14.8 Å². The highest BCUT2D eigenvalue weighted by Gasteiger charge is 2.25. The molecule has 0 saturated carbocycles. The number of hydrogen-bond donors (Lipinski definition) is 2. The van der Waals surface area contributed by atoms with Crippen LogP contribution in [0.4, 0.5) is 11.4 Å². The van der Waals surface area contributed by atoms with Crippen molar-refractivity contribution in [3.05, 3.63) is 30.6 Å². The maximum absolute atomic E-state index is 12.5. The molecule has 1 unspecified atom stereocenters. The summed E-state index contributed by atoms with van der Waals surface area (Å²) in [6, 6.07) is 4.44. The summed E-state index contributed by atoms with van der Waals surface area (Å²) >= 11 is 0. The third kappa shape index (κ3) is 3.07. The van der Waals surface area contributed by atoms with Crippen molar-refractivity contribution in [2.45, 2.75) is 37.8 Å². The summed E-state index contributed by atoms with van der Waals surface area (Å²) < 4.78 is 34.6. The fraction of sp³-hybridized carbons (Fsp3) is 0.333. The van der Waals surface area contributed by atoms with Gasteiger partial charge < -0.3 is 10.1 Å². The van der Waals surface area contributed by atoms with Crippen LogP contribution in [0.15, 0.2) is 35.5 Å². The quantitative estimate of drug-likeness (QED) is 0.878. The summed E-state index contributed by atoms with van der Waals surface area (Å²) in [7, 11) is -3.79. The van der Waals surface area contributed by atoms with Gasteiger partial charge in [-0.25, -0.2) is 8.42 Å². The van der Waals surface area contributed by atoms with Crippen LogP contribution in [0.5, 0.6) is 5.75 Å². The standard InChI is InChI=1S/C15H18N4O4S/c1-9(2)19-8-11(7-16-19)18-24(21,22)12-4-5-13-14(6-12)23-10(3)15(20)17-13/h4-10,18H,1-3H3,(H,17,20). The predicted octanol–water partition coefficient (Wildman–Crippen LogP) is 1.98. The van der Waals surface area contributed by atoms with E-state index in [1.807, 2.05) is 13.8 Å². The first-order valence-corrected chi connectivity index (χ1v) is 8.93. The molecule has 1 aliphatic heterocycles. The second-order valence-electron chi connectivity index (χ2n) is 5.82. The number of nitrogens with zero attached hydrogens (tertiary/aromatic N) is 2. The molecule has 9 heteroatoms. The maximum atomic E-state index is 12.5. The Hall–Kier alpha value is -2.55. The summed E-state index contributed by atoms with van der Waals surface area (Å²) in [6.45, 7) is 5.49. The van der Waals surface area contributed by atoms with Gasteiger partial charge in [-0.15, -0.1) is 0 Å². The topological polar surface area (TPSA) is 102 Å². The van der Waals surface area contributed by atoms with E-state index in [0.29, 0.717) is 17.1 Å². The smallest absolute Gasteiger partial charge is 0.265 e. The Labute approximate surface area is 139 Å². The van der Waals surface area contributed by atoms with Crippen molar-refractivity contribution in [2.75, 3.05) is 10.0 Å². The summed E-state index contributed by atoms with van der Waals surface area (Å²) in [5.41, 5.74) is 0.827. The molecule has 1 aromatic carbocycles. The van der Waals surface area contributed by atoms with Crippen molar-refractivity contribution in [2.24, 2.45) is 0 Å². The molecule has 1 atom stereocenters. The van der Waals surface area contributed by atoms with E-state index in [9.17, 15) is 13.2 Å². The molecule has 0 radical (unpaired) electrons. The van der Waals surface area contributed by atoms with Gasteiger partial charge in [-0.3, -0.25) is 14.2 Å². The van der Waals surface area contributed by atoms with Gasteiger partial charge in [0.05, 0.1) is 22.5 Å². The first-order chi connectivity index (χ1) is 11.3. The van der Waals surface area contributed by atoms with Crippen molar-refractivity contribution >= 4 is 27.3 Å². The highest BCUT2D eigenvalue weighted by atomic mass is 32.2. The molecule has 0 saturated heterocycles. The summed E-state index contributed by atoms with van der Waals surface area (Å²) in [5, 5.41) is 6.76. The Morgan fingerprint density at radius 3 is 2.79 bits per heavy atom. The number of carbonyl (C=O) groups is 1. The Bertz CT molecular complexity index is 889. The van der Waals surface area contributed by atoms with Crippen LogP contribution in [0.1, 0.15) is 26.8 Å². The van der Waals surface area contributed by atoms with Crippen molar-refractivity contribution in [3.63, 3.8) is 0 Å². The number of benzene rings is 1. The molecule has 128 valence electrons. The molecule has 2 N–H and O–H groups in total. The van der Waals surface area contributed by atoms with Gasteiger partial charge in [0, 0.05) is 18.3 Å². The molecule has 0 spiro atoms. The highest BCUT2D eigenvalue weighted by molar-refractivity contribution is 7.92. The van der Waals surface area contributed by atoms with E-state index in [1.165, 1.54) is 24.4 Å². The summed E-state index contributed by atoms with van der Waals surface area (Å²) in [4.78, 5) is 11.6. The third-order valence-corrected chi connectivity index (χ3v) is 4.96. The average molecular weight is 350 g/mol. The summed E-state index contributed by atoms with van der Waals surface area (Å²) in [6.07, 6.45) is 2.40. The minimum absolute atomic E-state index is 0.0434. The zero-order chi connectivity index (χ0) is 17.5. The molecule has 8 nitrogen and oxygen atoms in total. The van der Waals surface area contributed by atoms with E-state index in [4.69, 9.17) is 4.74 Å². The molecule has 0 aliphatic carbocycles. The van der Waals surface area contributed by atoms with Gasteiger partial charge >= 0.3 is 0 Å². The number of fused-ring (bicyclic) bond motifs is 1. The molecule has 3 rings (SSSR count). The van der Waals surface area contributed by atoms with E-state index in [1.54, 1.807) is 17.8 Å². The molecule has 2 aromatic rings. The fourth-order valence-electron chi connectivity index (χ4n) is 2.24. The van der Waals surface area contributed by atoms with E-state index >= 15 is 0 Å². The normalized spacial score (nSPS) is 17.2. The van der Waals surface area contributed by atoms with Gasteiger partial charge in [-0.1, -0.05) is 0 Å². The first kappa shape index (κ1) is 16.3. The Kier molecular flexibility index (Phi) is 3.96. The van der Waals surface area contributed by atoms with E-state index in [2.05, 4.69) is 15.1 Å². The zero-order valence-electron chi connectivity index (χ0n) is 13.5. The number of nitrogens with one attached hydrogen (secondary N) is 2. The minimum atomic E-state index is -3.79. The third-order valence-electron chi connectivity index (χ3n) is 3.58. The van der Waals surface area contributed by atoms with Gasteiger partial charge in [0.1, 0.15) is 5.75 Å². The molecule has 24 heavy (non-hydrogen) atoms. The zero-order valence-corrected chi connectivity index (χ0v) is 14.3. The number of amides is 1. The van der Waals surface area contributed by atoms with Crippen LogP contribution in [-0.4, -0.2) is 30.2 Å². The minimum Gasteiger partial charge on any atom is -0.479 e. The number of carbonyl (C=O) groups excluding carboxylic acids is 1. The van der Waals surface area contributed by atoms with Crippen LogP contribution in [0.3, 0.4) is 0 Å². The number of ether oxygens (including phenoxy) is 1. The van der Waals surface area contributed by atoms with Gasteiger partial charge in [0.2, 0.25) is 0 Å². The van der Waals surface area contributed by atoms with Gasteiger partial charge in [-0.2, -0.15) is 5.10 Å². The van der Waals surface area contributed by atoms with Crippen molar-refractivity contribution < 1.29 is 17.9 Å². The second-order valence-corrected chi connectivity index (χ2v) is 7.50. The highest BCUT2D eigenvalue weighted by Crippen LogP contribution is 2.32. The van der Waals surface area contributed by atoms with Crippen LogP contribution < -0.4 is 14.8 Å². The number of aromatic nitrogens is 2. The van der Waals surface area contributed by atoms with Gasteiger partial charge in [0.25, 0.3) is 15.9 Å². The number of sulfonamides is 1. The van der Waals surface area contributed by atoms with E-state index < -0.39 is 16.1 Å². The Balaban J connectivity index is 1.87. The molecular weight excluding hydrogens is 332 g/mol. The summed E-state index contributed by atoms with van der Waals surface area (Å²) in [5.74, 6) is 0.0557. The number of anilines is 2. The molecule has 1 amide bonds. The molecule has 0 bridgehead atoms. The lowest BCUT2D eigenvalue weighted by molar-refractivity contribution is -0.122. The van der Waals surface area contributed by atoms with Crippen molar-refractivity contribution in [1.82, 2.24) is 9.78 Å². The lowest BCUT2D eigenvalue weighted by Crippen LogP contribution is -2.34. The van der Waals surface area contributed by atoms with E-state index in [0.717, 1.165) is 0 Å². The molecule has 1 aromatic heterocycles. The number of hydrogen-bond acceptors (Lipinski definition) is 5. The first-order valence-electron chi connectivity index (χ1n) is 7.45. The molecular formula is C15H18N4O4S. The lowest BCUT2D eigenvalue weighted by atomic mass is 10.2. The predicted molar refractivity (Wildman–Crippen MR) is 88.6 cm³/mol. The molecule has 1 aliphatic rings.